The Balaban J connectivity index is 1.37. The monoisotopic (exact) mass is 516 g/mol. The minimum absolute atomic E-state index is 0.0474. The average Bonchev–Trinajstić information content (AvgIpc) is 2.97. The van der Waals surface area contributed by atoms with E-state index in [-0.39, 0.29) is 11.8 Å². The number of amides is 3. The summed E-state index contributed by atoms with van der Waals surface area (Å²) in [5.74, 6) is -0.966. The van der Waals surface area contributed by atoms with Gasteiger partial charge < -0.3 is 25.3 Å². The van der Waals surface area contributed by atoms with Crippen LogP contribution in [0.3, 0.4) is 0 Å². The highest BCUT2D eigenvalue weighted by molar-refractivity contribution is 6.07. The molecule has 196 valence electrons. The van der Waals surface area contributed by atoms with Crippen molar-refractivity contribution in [3.63, 3.8) is 0 Å². The number of hydrogen-bond acceptors (Lipinski definition) is 6. The highest BCUT2D eigenvalue weighted by atomic mass is 19.1. The third kappa shape index (κ3) is 5.65. The van der Waals surface area contributed by atoms with Gasteiger partial charge in [0.25, 0.3) is 17.7 Å². The Morgan fingerprint density at radius 1 is 0.737 bits per heavy atom. The van der Waals surface area contributed by atoms with E-state index >= 15 is 0 Å². The van der Waals surface area contributed by atoms with E-state index in [4.69, 9.17) is 0 Å². The first-order valence-corrected chi connectivity index (χ1v) is 12.6. The highest BCUT2D eigenvalue weighted by Gasteiger charge is 2.26. The molecule has 10 heteroatoms. The third-order valence-corrected chi connectivity index (χ3v) is 6.84. The van der Waals surface area contributed by atoms with Gasteiger partial charge in [-0.3, -0.25) is 19.4 Å². The number of nitrogens with zero attached hydrogens (tertiary/aromatic N) is 4. The SMILES string of the molecule is O=C(Nc1cc(C(=O)N2CCNCC2)ccc1N1CCN(C(=O)c2ccncc2)CC1)c1ccc(F)cc1. The number of halogens is 1. The predicted octanol–water partition coefficient (Wildman–Crippen LogP) is 2.48. The second kappa shape index (κ2) is 11.4. The lowest BCUT2D eigenvalue weighted by molar-refractivity contribution is 0.0731. The predicted molar refractivity (Wildman–Crippen MR) is 142 cm³/mol. The minimum Gasteiger partial charge on any atom is -0.366 e. The maximum absolute atomic E-state index is 13.4. The highest BCUT2D eigenvalue weighted by Crippen LogP contribution is 2.30. The van der Waals surface area contributed by atoms with Gasteiger partial charge in [0.05, 0.1) is 11.4 Å². The Morgan fingerprint density at radius 3 is 2.03 bits per heavy atom. The Kier molecular flexibility index (Phi) is 7.60. The van der Waals surface area contributed by atoms with Gasteiger partial charge >= 0.3 is 0 Å². The first-order valence-electron chi connectivity index (χ1n) is 12.6. The largest absolute Gasteiger partial charge is 0.366 e. The van der Waals surface area contributed by atoms with Gasteiger partial charge in [0.1, 0.15) is 5.82 Å². The fourth-order valence-electron chi connectivity index (χ4n) is 4.72. The second-order valence-corrected chi connectivity index (χ2v) is 9.25. The molecule has 9 nitrogen and oxygen atoms in total. The van der Waals surface area contributed by atoms with Gasteiger partial charge in [-0.25, -0.2) is 4.39 Å². The number of nitrogens with one attached hydrogen (secondary N) is 2. The van der Waals surface area contributed by atoms with Gasteiger partial charge in [-0.1, -0.05) is 0 Å². The van der Waals surface area contributed by atoms with E-state index in [9.17, 15) is 18.8 Å². The number of pyridine rings is 1. The van der Waals surface area contributed by atoms with Crippen molar-refractivity contribution in [2.24, 2.45) is 0 Å². The standard InChI is InChI=1S/C28H29FN6O3/c29-23-4-1-20(2-5-23)26(36)32-24-19-22(28(38)34-13-11-31-12-14-34)3-6-25(24)33-15-17-35(18-16-33)27(37)21-7-9-30-10-8-21/h1-10,19,31H,11-18H2,(H,32,36). The van der Waals surface area contributed by atoms with Crippen molar-refractivity contribution in [3.05, 3.63) is 89.5 Å². The molecule has 2 N–H and O–H groups in total. The molecule has 0 bridgehead atoms. The summed E-state index contributed by atoms with van der Waals surface area (Å²) in [5, 5.41) is 6.17. The van der Waals surface area contributed by atoms with Crippen molar-refractivity contribution in [1.82, 2.24) is 20.1 Å². The molecular formula is C28H29FN6O3. The number of anilines is 2. The summed E-state index contributed by atoms with van der Waals surface area (Å²) in [7, 11) is 0. The maximum Gasteiger partial charge on any atom is 0.255 e. The Labute approximate surface area is 220 Å². The van der Waals surface area contributed by atoms with Crippen molar-refractivity contribution in [2.45, 2.75) is 0 Å². The summed E-state index contributed by atoms with van der Waals surface area (Å²) in [6.45, 7) is 4.84. The van der Waals surface area contributed by atoms with Gasteiger partial charge in [-0.05, 0) is 54.6 Å². The van der Waals surface area contributed by atoms with Crippen LogP contribution in [0.15, 0.2) is 67.0 Å². The van der Waals surface area contributed by atoms with Crippen LogP contribution in [0, 0.1) is 5.82 Å². The topological polar surface area (TPSA) is 97.9 Å². The summed E-state index contributed by atoms with van der Waals surface area (Å²) in [4.78, 5) is 48.7. The van der Waals surface area contributed by atoms with Crippen LogP contribution in [-0.4, -0.2) is 84.9 Å². The fourth-order valence-corrected chi connectivity index (χ4v) is 4.72. The Bertz CT molecular complexity index is 1300. The lowest BCUT2D eigenvalue weighted by atomic mass is 10.1. The summed E-state index contributed by atoms with van der Waals surface area (Å²) in [6.07, 6.45) is 3.20. The lowest BCUT2D eigenvalue weighted by Crippen LogP contribution is -2.49. The van der Waals surface area contributed by atoms with Crippen LogP contribution in [0.5, 0.6) is 0 Å². The molecule has 3 amide bonds. The molecule has 0 radical (unpaired) electrons. The van der Waals surface area contributed by atoms with Crippen molar-refractivity contribution >= 4 is 29.1 Å². The summed E-state index contributed by atoms with van der Waals surface area (Å²) in [6, 6.07) is 14.0. The van der Waals surface area contributed by atoms with Crippen molar-refractivity contribution in [3.8, 4) is 0 Å². The quantitative estimate of drug-likeness (QED) is 0.541. The van der Waals surface area contributed by atoms with Crippen molar-refractivity contribution in [2.75, 3.05) is 62.6 Å². The van der Waals surface area contributed by atoms with E-state index in [0.29, 0.717) is 61.6 Å². The number of rotatable bonds is 5. The second-order valence-electron chi connectivity index (χ2n) is 9.25. The van der Waals surface area contributed by atoms with E-state index in [1.807, 2.05) is 6.07 Å². The Morgan fingerprint density at radius 2 is 1.34 bits per heavy atom. The molecule has 2 aromatic carbocycles. The average molecular weight is 517 g/mol. The summed E-state index contributed by atoms with van der Waals surface area (Å²) in [5.41, 5.74) is 2.64. The number of piperazine rings is 2. The number of carbonyl (C=O) groups excluding carboxylic acids is 3. The van der Waals surface area contributed by atoms with Gasteiger partial charge in [0, 0.05) is 81.4 Å². The van der Waals surface area contributed by atoms with Gasteiger partial charge in [0.15, 0.2) is 0 Å². The third-order valence-electron chi connectivity index (χ3n) is 6.84. The summed E-state index contributed by atoms with van der Waals surface area (Å²) < 4.78 is 13.4. The molecule has 0 aliphatic carbocycles. The first-order chi connectivity index (χ1) is 18.5. The fraction of sp³-hybridized carbons (Fsp3) is 0.286. The molecular weight excluding hydrogens is 487 g/mol. The van der Waals surface area contributed by atoms with Crippen LogP contribution in [0.2, 0.25) is 0 Å². The zero-order valence-electron chi connectivity index (χ0n) is 20.9. The van der Waals surface area contributed by atoms with Crippen LogP contribution >= 0.6 is 0 Å². The maximum atomic E-state index is 13.4. The Hall–Kier alpha value is -4.31. The lowest BCUT2D eigenvalue weighted by Gasteiger charge is -2.37. The van der Waals surface area contributed by atoms with E-state index in [1.54, 1.807) is 46.5 Å². The first kappa shape index (κ1) is 25.3. The van der Waals surface area contributed by atoms with Crippen molar-refractivity contribution < 1.29 is 18.8 Å². The van der Waals surface area contributed by atoms with Crippen LogP contribution < -0.4 is 15.5 Å². The van der Waals surface area contributed by atoms with E-state index in [0.717, 1.165) is 18.8 Å². The number of benzene rings is 2. The van der Waals surface area contributed by atoms with Crippen molar-refractivity contribution in [1.29, 1.82) is 0 Å². The molecule has 2 saturated heterocycles. The van der Waals surface area contributed by atoms with Crippen LogP contribution in [0.25, 0.3) is 0 Å². The summed E-state index contributed by atoms with van der Waals surface area (Å²) >= 11 is 0. The van der Waals surface area contributed by atoms with Gasteiger partial charge in [-0.15, -0.1) is 0 Å². The molecule has 3 aromatic rings. The minimum atomic E-state index is -0.426. The molecule has 0 saturated carbocycles. The van der Waals surface area contributed by atoms with Crippen LogP contribution in [0.1, 0.15) is 31.1 Å². The zero-order chi connectivity index (χ0) is 26.5. The molecule has 0 atom stereocenters. The number of aromatic nitrogens is 1. The van der Waals surface area contributed by atoms with E-state index in [1.165, 1.54) is 24.3 Å². The van der Waals surface area contributed by atoms with Crippen LogP contribution in [-0.2, 0) is 0 Å². The zero-order valence-corrected chi connectivity index (χ0v) is 20.9. The smallest absolute Gasteiger partial charge is 0.255 e. The van der Waals surface area contributed by atoms with E-state index in [2.05, 4.69) is 20.5 Å². The normalized spacial score (nSPS) is 15.8. The van der Waals surface area contributed by atoms with E-state index < -0.39 is 11.7 Å². The van der Waals surface area contributed by atoms with Gasteiger partial charge in [0.2, 0.25) is 0 Å². The molecule has 2 aliphatic rings. The van der Waals surface area contributed by atoms with Gasteiger partial charge in [-0.2, -0.15) is 0 Å². The molecule has 3 heterocycles. The molecule has 2 fully saturated rings. The molecule has 5 rings (SSSR count). The number of hydrogen-bond donors (Lipinski definition) is 2. The molecule has 38 heavy (non-hydrogen) atoms. The molecule has 2 aliphatic heterocycles. The molecule has 0 unspecified atom stereocenters. The molecule has 1 aromatic heterocycles. The number of carbonyl (C=O) groups is 3. The molecule has 0 spiro atoms. The van der Waals surface area contributed by atoms with Crippen LogP contribution in [0.4, 0.5) is 15.8 Å².